The Morgan fingerprint density at radius 2 is 2.24 bits per heavy atom. The van der Waals surface area contributed by atoms with Crippen LogP contribution in [-0.2, 0) is 11.2 Å². The van der Waals surface area contributed by atoms with Crippen LogP contribution in [0.25, 0.3) is 10.9 Å². The van der Waals surface area contributed by atoms with Gasteiger partial charge in [-0.15, -0.1) is 0 Å². The van der Waals surface area contributed by atoms with Crippen molar-refractivity contribution in [1.82, 2.24) is 9.97 Å². The largest absolute Gasteiger partial charge is 0.481 e. The molecule has 1 aromatic heterocycles. The maximum Gasteiger partial charge on any atom is 0.303 e. The summed E-state index contributed by atoms with van der Waals surface area (Å²) in [7, 11) is 0. The number of rotatable bonds is 3. The van der Waals surface area contributed by atoms with Gasteiger partial charge in [-0.2, -0.15) is 0 Å². The molecule has 0 saturated carbocycles. The van der Waals surface area contributed by atoms with Crippen LogP contribution in [0.1, 0.15) is 17.8 Å². The van der Waals surface area contributed by atoms with Crippen LogP contribution >= 0.6 is 0 Å². The van der Waals surface area contributed by atoms with Gasteiger partial charge in [0.2, 0.25) is 0 Å². The van der Waals surface area contributed by atoms with E-state index in [1.165, 1.54) is 0 Å². The Labute approximate surface area is 97.1 Å². The first-order valence-corrected chi connectivity index (χ1v) is 5.27. The highest BCUT2D eigenvalue weighted by atomic mass is 16.4. The van der Waals surface area contributed by atoms with Gasteiger partial charge in [-0.05, 0) is 19.1 Å². The Kier molecular flexibility index (Phi) is 2.91. The van der Waals surface area contributed by atoms with E-state index in [0.717, 1.165) is 5.56 Å². The highest BCUT2D eigenvalue weighted by Crippen LogP contribution is 2.09. The molecule has 1 aromatic carbocycles. The normalized spacial score (nSPS) is 10.6. The van der Waals surface area contributed by atoms with Crippen molar-refractivity contribution >= 4 is 16.9 Å². The number of fused-ring (bicyclic) bond motifs is 1. The van der Waals surface area contributed by atoms with Gasteiger partial charge in [0, 0.05) is 6.42 Å². The van der Waals surface area contributed by atoms with Crippen LogP contribution in [-0.4, -0.2) is 21.0 Å². The minimum Gasteiger partial charge on any atom is -0.481 e. The predicted molar refractivity (Wildman–Crippen MR) is 63.1 cm³/mol. The van der Waals surface area contributed by atoms with Gasteiger partial charge in [-0.25, -0.2) is 4.98 Å². The molecule has 0 saturated heterocycles. The van der Waals surface area contributed by atoms with Crippen LogP contribution in [0.5, 0.6) is 0 Å². The number of benzene rings is 1. The lowest BCUT2D eigenvalue weighted by molar-refractivity contribution is -0.137. The fraction of sp³-hybridized carbons (Fsp3) is 0.250. The minimum absolute atomic E-state index is 0.0414. The Morgan fingerprint density at radius 3 is 2.94 bits per heavy atom. The lowest BCUT2D eigenvalue weighted by atomic mass is 10.1. The highest BCUT2D eigenvalue weighted by Gasteiger charge is 2.05. The van der Waals surface area contributed by atoms with Crippen molar-refractivity contribution in [2.75, 3.05) is 0 Å². The number of nitrogens with zero attached hydrogens (tertiary/aromatic N) is 1. The number of aromatic amines is 1. The van der Waals surface area contributed by atoms with Gasteiger partial charge in [0.1, 0.15) is 5.82 Å². The fourth-order valence-corrected chi connectivity index (χ4v) is 1.64. The number of hydrogen-bond acceptors (Lipinski definition) is 3. The van der Waals surface area contributed by atoms with Crippen LogP contribution in [0.3, 0.4) is 0 Å². The summed E-state index contributed by atoms with van der Waals surface area (Å²) in [5, 5.41) is 9.11. The topological polar surface area (TPSA) is 83.0 Å². The van der Waals surface area contributed by atoms with E-state index < -0.39 is 5.97 Å². The van der Waals surface area contributed by atoms with Crippen molar-refractivity contribution in [2.45, 2.75) is 19.8 Å². The quantitative estimate of drug-likeness (QED) is 0.834. The van der Waals surface area contributed by atoms with Crippen LogP contribution in [0.2, 0.25) is 0 Å². The lowest BCUT2D eigenvalue weighted by Gasteiger charge is -2.02. The Morgan fingerprint density at radius 1 is 1.47 bits per heavy atom. The molecule has 0 radical (unpaired) electrons. The average Bonchev–Trinajstić information content (AvgIpc) is 2.27. The number of nitrogens with one attached hydrogen (secondary N) is 1. The number of carboxylic acid groups (broad SMARTS) is 1. The van der Waals surface area contributed by atoms with Gasteiger partial charge in [0.15, 0.2) is 0 Å². The molecule has 0 atom stereocenters. The van der Waals surface area contributed by atoms with Crippen LogP contribution in [0.4, 0.5) is 0 Å². The second-order valence-corrected chi connectivity index (χ2v) is 3.93. The summed E-state index contributed by atoms with van der Waals surface area (Å²) in [6, 6.07) is 5.40. The SMILES string of the molecule is Cc1ccc2nc(CCC(=O)O)[nH]c(=O)c2c1. The first-order valence-electron chi connectivity index (χ1n) is 5.27. The Balaban J connectivity index is 2.45. The standard InChI is InChI=1S/C12H12N2O3/c1-7-2-3-9-8(6-7)12(17)14-10(13-9)4-5-11(15)16/h2-3,6H,4-5H2,1H3,(H,15,16)(H,13,14,17). The summed E-state index contributed by atoms with van der Waals surface area (Å²) < 4.78 is 0. The molecule has 88 valence electrons. The molecule has 0 aliphatic carbocycles. The fourth-order valence-electron chi connectivity index (χ4n) is 1.64. The summed E-state index contributed by atoms with van der Waals surface area (Å²) in [6.07, 6.45) is 0.189. The predicted octanol–water partition coefficient (Wildman–Crippen LogP) is 1.25. The van der Waals surface area contributed by atoms with E-state index in [9.17, 15) is 9.59 Å². The van der Waals surface area contributed by atoms with E-state index in [4.69, 9.17) is 5.11 Å². The van der Waals surface area contributed by atoms with Crippen molar-refractivity contribution in [2.24, 2.45) is 0 Å². The Hall–Kier alpha value is -2.17. The second-order valence-electron chi connectivity index (χ2n) is 3.93. The molecule has 17 heavy (non-hydrogen) atoms. The van der Waals surface area contributed by atoms with Gasteiger partial charge >= 0.3 is 5.97 Å². The lowest BCUT2D eigenvalue weighted by Crippen LogP contribution is -2.13. The number of aryl methyl sites for hydroxylation is 2. The summed E-state index contributed by atoms with van der Waals surface area (Å²) in [5.41, 5.74) is 1.36. The summed E-state index contributed by atoms with van der Waals surface area (Å²) in [4.78, 5) is 29.0. The number of aliphatic carboxylic acids is 1. The van der Waals surface area contributed by atoms with Crippen LogP contribution in [0.15, 0.2) is 23.0 Å². The van der Waals surface area contributed by atoms with Crippen molar-refractivity contribution in [3.8, 4) is 0 Å². The van der Waals surface area contributed by atoms with E-state index in [2.05, 4.69) is 9.97 Å². The molecular weight excluding hydrogens is 220 g/mol. The zero-order chi connectivity index (χ0) is 12.4. The molecule has 0 spiro atoms. The molecule has 5 heteroatoms. The third-order valence-electron chi connectivity index (χ3n) is 2.49. The Bertz CT molecular complexity index is 631. The number of hydrogen-bond donors (Lipinski definition) is 2. The third kappa shape index (κ3) is 2.50. The van der Waals surface area contributed by atoms with E-state index in [0.29, 0.717) is 16.7 Å². The number of H-pyrrole nitrogens is 1. The molecule has 0 aliphatic rings. The zero-order valence-corrected chi connectivity index (χ0v) is 9.36. The molecular formula is C12H12N2O3. The molecule has 2 aromatic rings. The number of carboxylic acids is 1. The monoisotopic (exact) mass is 232 g/mol. The smallest absolute Gasteiger partial charge is 0.303 e. The van der Waals surface area contributed by atoms with E-state index in [1.54, 1.807) is 12.1 Å². The maximum absolute atomic E-state index is 11.8. The van der Waals surface area contributed by atoms with E-state index >= 15 is 0 Å². The third-order valence-corrected chi connectivity index (χ3v) is 2.49. The molecule has 0 fully saturated rings. The first kappa shape index (κ1) is 11.3. The molecule has 0 unspecified atom stereocenters. The summed E-state index contributed by atoms with van der Waals surface area (Å²) in [5.74, 6) is -0.495. The first-order chi connectivity index (χ1) is 8.06. The van der Waals surface area contributed by atoms with Gasteiger partial charge < -0.3 is 10.1 Å². The van der Waals surface area contributed by atoms with E-state index in [-0.39, 0.29) is 18.4 Å². The summed E-state index contributed by atoms with van der Waals surface area (Å²) >= 11 is 0. The summed E-state index contributed by atoms with van der Waals surface area (Å²) in [6.45, 7) is 1.90. The van der Waals surface area contributed by atoms with Crippen molar-refractivity contribution in [3.63, 3.8) is 0 Å². The molecule has 0 aliphatic heterocycles. The highest BCUT2D eigenvalue weighted by molar-refractivity contribution is 5.78. The van der Waals surface area contributed by atoms with Crippen LogP contribution < -0.4 is 5.56 Å². The van der Waals surface area contributed by atoms with Crippen molar-refractivity contribution in [3.05, 3.63) is 39.9 Å². The van der Waals surface area contributed by atoms with Gasteiger partial charge in [0.25, 0.3) is 5.56 Å². The molecule has 0 bridgehead atoms. The molecule has 1 heterocycles. The zero-order valence-electron chi connectivity index (χ0n) is 9.36. The van der Waals surface area contributed by atoms with Crippen molar-refractivity contribution in [1.29, 1.82) is 0 Å². The van der Waals surface area contributed by atoms with Gasteiger partial charge in [-0.3, -0.25) is 9.59 Å². The molecule has 5 nitrogen and oxygen atoms in total. The minimum atomic E-state index is -0.906. The van der Waals surface area contributed by atoms with Crippen molar-refractivity contribution < 1.29 is 9.90 Å². The van der Waals surface area contributed by atoms with Crippen LogP contribution in [0, 0.1) is 6.92 Å². The average molecular weight is 232 g/mol. The van der Waals surface area contributed by atoms with Gasteiger partial charge in [-0.1, -0.05) is 11.6 Å². The molecule has 2 N–H and O–H groups in total. The van der Waals surface area contributed by atoms with E-state index in [1.807, 2.05) is 13.0 Å². The number of carbonyl (C=O) groups is 1. The number of aromatic nitrogens is 2. The maximum atomic E-state index is 11.8. The molecule has 2 rings (SSSR count). The van der Waals surface area contributed by atoms with Gasteiger partial charge in [0.05, 0.1) is 17.3 Å². The second kappa shape index (κ2) is 4.37. The molecule has 0 amide bonds.